The third kappa shape index (κ3) is 6.03. The van der Waals surface area contributed by atoms with Gasteiger partial charge in [0.25, 0.3) is 0 Å². The van der Waals surface area contributed by atoms with Gasteiger partial charge in [-0.25, -0.2) is 4.39 Å². The van der Waals surface area contributed by atoms with E-state index in [2.05, 4.69) is 5.32 Å². The molecule has 0 aromatic heterocycles. The Morgan fingerprint density at radius 2 is 1.58 bits per heavy atom. The number of benzene rings is 2. The zero-order valence-corrected chi connectivity index (χ0v) is 13.9. The fourth-order valence-electron chi connectivity index (χ4n) is 2.34. The molecule has 0 fully saturated rings. The molecule has 0 radical (unpaired) electrons. The van der Waals surface area contributed by atoms with Gasteiger partial charge in [0.05, 0.1) is 19.7 Å². The summed E-state index contributed by atoms with van der Waals surface area (Å²) in [6.45, 7) is -1.72. The molecule has 0 saturated heterocycles. The molecule has 26 heavy (non-hydrogen) atoms. The van der Waals surface area contributed by atoms with E-state index in [-0.39, 0.29) is 6.54 Å². The van der Waals surface area contributed by atoms with Crippen LogP contribution >= 0.6 is 0 Å². The summed E-state index contributed by atoms with van der Waals surface area (Å²) < 4.78 is 54.8. The average Bonchev–Trinajstić information content (AvgIpc) is 2.61. The van der Waals surface area contributed by atoms with E-state index < -0.39 is 30.5 Å². The Morgan fingerprint density at radius 3 is 2.08 bits per heavy atom. The Kier molecular flexibility index (Phi) is 6.57. The number of carbonyl (C=O) groups is 1. The second kappa shape index (κ2) is 8.66. The molecule has 2 aromatic rings. The summed E-state index contributed by atoms with van der Waals surface area (Å²) >= 11 is 0. The normalized spacial score (nSPS) is 12.5. The summed E-state index contributed by atoms with van der Waals surface area (Å²) in [5, 5.41) is 4.70. The van der Waals surface area contributed by atoms with Crippen LogP contribution in [0.3, 0.4) is 0 Å². The molecule has 0 aliphatic rings. The van der Waals surface area contributed by atoms with Gasteiger partial charge in [-0.15, -0.1) is 0 Å². The van der Waals surface area contributed by atoms with Crippen molar-refractivity contribution >= 4 is 5.91 Å². The Bertz CT molecular complexity index is 715. The lowest BCUT2D eigenvalue weighted by molar-refractivity contribution is -0.137. The van der Waals surface area contributed by atoms with Crippen molar-refractivity contribution in [1.82, 2.24) is 10.6 Å². The van der Waals surface area contributed by atoms with Crippen molar-refractivity contribution in [2.75, 3.05) is 20.2 Å². The van der Waals surface area contributed by atoms with Crippen molar-refractivity contribution in [3.63, 3.8) is 0 Å². The molecule has 140 valence electrons. The summed E-state index contributed by atoms with van der Waals surface area (Å²) in [4.78, 5) is 11.7. The minimum Gasteiger partial charge on any atom is -0.497 e. The number of rotatable bonds is 7. The smallest absolute Gasteiger partial charge is 0.405 e. The lowest BCUT2D eigenvalue weighted by atomic mass is 9.98. The van der Waals surface area contributed by atoms with Gasteiger partial charge in [0.15, 0.2) is 0 Å². The van der Waals surface area contributed by atoms with Gasteiger partial charge in [0.1, 0.15) is 18.1 Å². The number of carbonyl (C=O) groups excluding carboxylic acids is 1. The van der Waals surface area contributed by atoms with Crippen LogP contribution in [0.5, 0.6) is 5.75 Å². The van der Waals surface area contributed by atoms with E-state index in [1.54, 1.807) is 41.7 Å². The summed E-state index contributed by atoms with van der Waals surface area (Å²) in [6, 6.07) is 12.1. The highest BCUT2D eigenvalue weighted by Gasteiger charge is 2.27. The van der Waals surface area contributed by atoms with E-state index in [9.17, 15) is 22.4 Å². The average molecular weight is 370 g/mol. The lowest BCUT2D eigenvalue weighted by Crippen LogP contribution is -2.40. The first-order valence-corrected chi connectivity index (χ1v) is 7.75. The van der Waals surface area contributed by atoms with E-state index in [1.807, 2.05) is 0 Å². The third-order valence-corrected chi connectivity index (χ3v) is 3.61. The molecule has 0 unspecified atom stereocenters. The highest BCUT2D eigenvalue weighted by atomic mass is 19.4. The van der Waals surface area contributed by atoms with Gasteiger partial charge in [0.2, 0.25) is 5.91 Å². The Balaban J connectivity index is 2.12. The zero-order valence-electron chi connectivity index (χ0n) is 13.9. The van der Waals surface area contributed by atoms with Crippen LogP contribution in [0.2, 0.25) is 0 Å². The summed E-state index contributed by atoms with van der Waals surface area (Å²) in [7, 11) is 1.52. The number of hydrogen-bond donors (Lipinski definition) is 2. The van der Waals surface area contributed by atoms with Gasteiger partial charge in [-0.1, -0.05) is 24.3 Å². The van der Waals surface area contributed by atoms with Crippen LogP contribution in [-0.4, -0.2) is 32.3 Å². The van der Waals surface area contributed by atoms with Crippen molar-refractivity contribution in [2.45, 2.75) is 12.2 Å². The van der Waals surface area contributed by atoms with Crippen molar-refractivity contribution in [3.05, 3.63) is 65.5 Å². The summed E-state index contributed by atoms with van der Waals surface area (Å²) in [5.74, 6) is -0.567. The molecule has 1 amide bonds. The number of methoxy groups -OCH3 is 1. The predicted molar refractivity (Wildman–Crippen MR) is 88.3 cm³/mol. The molecule has 4 nitrogen and oxygen atoms in total. The molecular weight excluding hydrogens is 352 g/mol. The van der Waals surface area contributed by atoms with Crippen molar-refractivity contribution in [3.8, 4) is 5.75 Å². The van der Waals surface area contributed by atoms with Gasteiger partial charge in [-0.2, -0.15) is 13.2 Å². The standard InChI is InChI=1S/C18H18F4N2O2/c1-26-15-8-4-13(5-9-15)17(12-2-6-14(19)7-3-12)23-10-16(25)24-11-18(20,21)22/h2-9,17,23H,10-11H2,1H3,(H,24,25)/t17-/m0/s1. The first-order valence-electron chi connectivity index (χ1n) is 7.75. The topological polar surface area (TPSA) is 50.4 Å². The van der Waals surface area contributed by atoms with E-state index in [1.165, 1.54) is 19.2 Å². The van der Waals surface area contributed by atoms with Gasteiger partial charge in [0, 0.05) is 0 Å². The molecule has 8 heteroatoms. The van der Waals surface area contributed by atoms with E-state index in [0.717, 1.165) is 5.56 Å². The number of halogens is 4. The fourth-order valence-corrected chi connectivity index (χ4v) is 2.34. The fraction of sp³-hybridized carbons (Fsp3) is 0.278. The second-order valence-electron chi connectivity index (χ2n) is 5.53. The molecule has 0 heterocycles. The van der Waals surface area contributed by atoms with Gasteiger partial charge >= 0.3 is 6.18 Å². The minimum absolute atomic E-state index is 0.329. The summed E-state index contributed by atoms with van der Waals surface area (Å²) in [6.07, 6.45) is -4.47. The van der Waals surface area contributed by atoms with Crippen LogP contribution in [0.15, 0.2) is 48.5 Å². The summed E-state index contributed by atoms with van der Waals surface area (Å²) in [5.41, 5.74) is 1.42. The van der Waals surface area contributed by atoms with E-state index in [4.69, 9.17) is 4.74 Å². The third-order valence-electron chi connectivity index (χ3n) is 3.61. The largest absolute Gasteiger partial charge is 0.497 e. The maximum Gasteiger partial charge on any atom is 0.405 e. The van der Waals surface area contributed by atoms with Crippen LogP contribution in [0, 0.1) is 5.82 Å². The van der Waals surface area contributed by atoms with Gasteiger partial charge in [-0.05, 0) is 35.4 Å². The monoisotopic (exact) mass is 370 g/mol. The first kappa shape index (κ1) is 19.7. The van der Waals surface area contributed by atoms with Crippen molar-refractivity contribution in [1.29, 1.82) is 0 Å². The maximum absolute atomic E-state index is 13.2. The Labute approximate surface area is 148 Å². The number of ether oxygens (including phenoxy) is 1. The molecule has 1 atom stereocenters. The van der Waals surface area contributed by atoms with Gasteiger partial charge < -0.3 is 10.1 Å². The Hall–Kier alpha value is -2.61. The molecule has 0 aliphatic heterocycles. The molecule has 0 saturated carbocycles. The SMILES string of the molecule is COc1ccc([C@@H](NCC(=O)NCC(F)(F)F)c2ccc(F)cc2)cc1. The number of alkyl halides is 3. The van der Waals surface area contributed by atoms with Crippen LogP contribution in [0.1, 0.15) is 17.2 Å². The number of nitrogens with one attached hydrogen (secondary N) is 2. The van der Waals surface area contributed by atoms with Crippen molar-refractivity contribution in [2.24, 2.45) is 0 Å². The number of hydrogen-bond acceptors (Lipinski definition) is 3. The van der Waals surface area contributed by atoms with E-state index >= 15 is 0 Å². The zero-order chi connectivity index (χ0) is 19.2. The molecular formula is C18H18F4N2O2. The molecule has 0 aliphatic carbocycles. The molecule has 0 bridgehead atoms. The quantitative estimate of drug-likeness (QED) is 0.736. The van der Waals surface area contributed by atoms with Crippen LogP contribution in [0.25, 0.3) is 0 Å². The molecule has 2 aromatic carbocycles. The second-order valence-corrected chi connectivity index (χ2v) is 5.53. The van der Waals surface area contributed by atoms with Crippen molar-refractivity contribution < 1.29 is 27.1 Å². The molecule has 2 N–H and O–H groups in total. The Morgan fingerprint density at radius 1 is 1.04 bits per heavy atom. The van der Waals surface area contributed by atoms with Crippen LogP contribution < -0.4 is 15.4 Å². The number of amides is 1. The molecule has 2 rings (SSSR count). The maximum atomic E-state index is 13.2. The van der Waals surface area contributed by atoms with E-state index in [0.29, 0.717) is 11.3 Å². The highest BCUT2D eigenvalue weighted by Crippen LogP contribution is 2.24. The minimum atomic E-state index is -4.47. The lowest BCUT2D eigenvalue weighted by Gasteiger charge is -2.20. The highest BCUT2D eigenvalue weighted by molar-refractivity contribution is 5.78. The predicted octanol–water partition coefficient (Wildman–Crippen LogP) is 3.19. The first-order chi connectivity index (χ1) is 12.3. The van der Waals surface area contributed by atoms with Crippen LogP contribution in [0.4, 0.5) is 17.6 Å². The van der Waals surface area contributed by atoms with Crippen LogP contribution in [-0.2, 0) is 4.79 Å². The molecule has 0 spiro atoms. The van der Waals surface area contributed by atoms with Gasteiger partial charge in [-0.3, -0.25) is 10.1 Å².